The summed E-state index contributed by atoms with van der Waals surface area (Å²) in [6, 6.07) is 6.59. The number of hydrogen-bond donors (Lipinski definition) is 1. The lowest BCUT2D eigenvalue weighted by molar-refractivity contribution is -0.144. The largest absolute Gasteiger partial charge is 0.466 e. The van der Waals surface area contributed by atoms with Gasteiger partial charge in [-0.05, 0) is 76.7 Å². The zero-order valence-electron chi connectivity index (χ0n) is 29.2. The molecule has 264 valence electrons. The number of aliphatic hydroxyl groups excluding tert-OH is 1. The van der Waals surface area contributed by atoms with Crippen molar-refractivity contribution in [3.05, 3.63) is 29.8 Å². The maximum Gasteiger partial charge on any atom is 0.341 e. The standard InChI is InChI=1S/C38H65NO7/c1-3-4-5-6-7-8-9-10-11-12-14-23-32-44-37(42)27-18-20-29-39(30-21-22-31-40)28-19-13-15-24-33-45-38(43)35-25-16-17-26-36(35)46-34(2)41/h16-17,25-26,40H,3-15,18-24,27-33H2,1-2H3. The Kier molecular flexibility index (Phi) is 27.0. The molecule has 0 aliphatic rings. The van der Waals surface area contributed by atoms with Gasteiger partial charge in [-0.3, -0.25) is 9.59 Å². The van der Waals surface area contributed by atoms with E-state index in [-0.39, 0.29) is 23.9 Å². The van der Waals surface area contributed by atoms with Gasteiger partial charge in [-0.2, -0.15) is 0 Å². The molecule has 0 atom stereocenters. The van der Waals surface area contributed by atoms with E-state index in [9.17, 15) is 19.5 Å². The first-order valence-electron chi connectivity index (χ1n) is 18.4. The molecule has 0 fully saturated rings. The Labute approximate surface area is 279 Å². The number of aliphatic hydroxyl groups is 1. The number of carbonyl (C=O) groups is 3. The monoisotopic (exact) mass is 647 g/mol. The second kappa shape index (κ2) is 29.9. The predicted molar refractivity (Wildman–Crippen MR) is 185 cm³/mol. The quantitative estimate of drug-likeness (QED) is 0.0485. The molecule has 46 heavy (non-hydrogen) atoms. The number of benzene rings is 1. The van der Waals surface area contributed by atoms with E-state index in [4.69, 9.17) is 14.2 Å². The van der Waals surface area contributed by atoms with E-state index < -0.39 is 11.9 Å². The van der Waals surface area contributed by atoms with Crippen LogP contribution in [0.3, 0.4) is 0 Å². The zero-order valence-corrected chi connectivity index (χ0v) is 29.2. The van der Waals surface area contributed by atoms with Crippen LogP contribution in [0.4, 0.5) is 0 Å². The fraction of sp³-hybridized carbons (Fsp3) is 0.763. The summed E-state index contributed by atoms with van der Waals surface area (Å²) in [4.78, 5) is 38.3. The minimum atomic E-state index is -0.486. The molecule has 0 bridgehead atoms. The topological polar surface area (TPSA) is 102 Å². The molecule has 1 rings (SSSR count). The smallest absolute Gasteiger partial charge is 0.341 e. The minimum Gasteiger partial charge on any atom is -0.466 e. The average Bonchev–Trinajstić information content (AvgIpc) is 3.04. The van der Waals surface area contributed by atoms with Crippen molar-refractivity contribution >= 4 is 17.9 Å². The second-order valence-corrected chi connectivity index (χ2v) is 12.5. The van der Waals surface area contributed by atoms with Gasteiger partial charge in [0.25, 0.3) is 0 Å². The van der Waals surface area contributed by atoms with Gasteiger partial charge in [0, 0.05) is 20.0 Å². The van der Waals surface area contributed by atoms with Crippen LogP contribution < -0.4 is 4.74 Å². The van der Waals surface area contributed by atoms with Gasteiger partial charge < -0.3 is 24.2 Å². The summed E-state index contributed by atoms with van der Waals surface area (Å²) < 4.78 is 16.0. The van der Waals surface area contributed by atoms with E-state index in [0.29, 0.717) is 19.6 Å². The van der Waals surface area contributed by atoms with Crippen LogP contribution in [0.25, 0.3) is 0 Å². The minimum absolute atomic E-state index is 0.0783. The third-order valence-corrected chi connectivity index (χ3v) is 8.21. The number of nitrogens with zero attached hydrogens (tertiary/aromatic N) is 1. The average molecular weight is 648 g/mol. The maximum absolute atomic E-state index is 12.4. The number of rotatable bonds is 31. The first kappa shape index (κ1) is 41.6. The van der Waals surface area contributed by atoms with Gasteiger partial charge in [0.2, 0.25) is 0 Å². The molecule has 8 nitrogen and oxygen atoms in total. The normalized spacial score (nSPS) is 11.1. The van der Waals surface area contributed by atoms with Gasteiger partial charge in [0.1, 0.15) is 11.3 Å². The number of para-hydroxylation sites is 1. The molecule has 0 aliphatic carbocycles. The van der Waals surface area contributed by atoms with Crippen molar-refractivity contribution < 1.29 is 33.7 Å². The van der Waals surface area contributed by atoms with Gasteiger partial charge in [-0.25, -0.2) is 4.79 Å². The molecule has 0 saturated carbocycles. The van der Waals surface area contributed by atoms with Crippen LogP contribution in [0, 0.1) is 0 Å². The summed E-state index contributed by atoms with van der Waals surface area (Å²) in [7, 11) is 0. The molecule has 8 heteroatoms. The third-order valence-electron chi connectivity index (χ3n) is 8.21. The fourth-order valence-corrected chi connectivity index (χ4v) is 5.50. The highest BCUT2D eigenvalue weighted by Crippen LogP contribution is 2.19. The molecule has 0 radical (unpaired) electrons. The second-order valence-electron chi connectivity index (χ2n) is 12.5. The molecular formula is C38H65NO7. The Bertz CT molecular complexity index is 907. The van der Waals surface area contributed by atoms with Crippen LogP contribution in [0.15, 0.2) is 24.3 Å². The zero-order chi connectivity index (χ0) is 33.5. The Morgan fingerprint density at radius 1 is 0.630 bits per heavy atom. The number of hydrogen-bond acceptors (Lipinski definition) is 8. The third kappa shape index (κ3) is 23.8. The molecule has 0 amide bonds. The highest BCUT2D eigenvalue weighted by atomic mass is 16.5. The van der Waals surface area contributed by atoms with Crippen molar-refractivity contribution in [2.24, 2.45) is 0 Å². The van der Waals surface area contributed by atoms with Crippen LogP contribution >= 0.6 is 0 Å². The van der Waals surface area contributed by atoms with E-state index in [2.05, 4.69) is 11.8 Å². The van der Waals surface area contributed by atoms with Crippen molar-refractivity contribution in [2.45, 2.75) is 149 Å². The first-order valence-corrected chi connectivity index (χ1v) is 18.4. The van der Waals surface area contributed by atoms with Crippen molar-refractivity contribution in [3.63, 3.8) is 0 Å². The molecule has 1 N–H and O–H groups in total. The highest BCUT2D eigenvalue weighted by molar-refractivity contribution is 5.93. The van der Waals surface area contributed by atoms with Crippen molar-refractivity contribution in [2.75, 3.05) is 39.5 Å². The Hall–Kier alpha value is -2.45. The van der Waals surface area contributed by atoms with Gasteiger partial charge in [0.15, 0.2) is 0 Å². The molecule has 1 aromatic rings. The van der Waals surface area contributed by atoms with Crippen molar-refractivity contribution in [1.82, 2.24) is 4.90 Å². The van der Waals surface area contributed by atoms with Crippen LogP contribution in [0.1, 0.15) is 159 Å². The Morgan fingerprint density at radius 2 is 1.13 bits per heavy atom. The van der Waals surface area contributed by atoms with Gasteiger partial charge >= 0.3 is 17.9 Å². The molecule has 0 spiro atoms. The lowest BCUT2D eigenvalue weighted by Gasteiger charge is -2.22. The highest BCUT2D eigenvalue weighted by Gasteiger charge is 2.15. The summed E-state index contributed by atoms with van der Waals surface area (Å²) in [5.41, 5.74) is 0.254. The lowest BCUT2D eigenvalue weighted by atomic mass is 10.1. The summed E-state index contributed by atoms with van der Waals surface area (Å²) in [5, 5.41) is 9.18. The molecule has 0 aromatic heterocycles. The number of unbranched alkanes of at least 4 members (excludes halogenated alkanes) is 16. The van der Waals surface area contributed by atoms with Gasteiger partial charge in [-0.1, -0.05) is 103 Å². The summed E-state index contributed by atoms with van der Waals surface area (Å²) >= 11 is 0. The Balaban J connectivity index is 2.09. The molecule has 0 saturated heterocycles. The van der Waals surface area contributed by atoms with Crippen LogP contribution in [-0.4, -0.2) is 67.4 Å². The number of esters is 3. The van der Waals surface area contributed by atoms with E-state index in [1.165, 1.54) is 71.1 Å². The summed E-state index contributed by atoms with van der Waals surface area (Å²) in [5.74, 6) is -0.827. The van der Waals surface area contributed by atoms with Crippen LogP contribution in [-0.2, 0) is 19.1 Å². The fourth-order valence-electron chi connectivity index (χ4n) is 5.50. The van der Waals surface area contributed by atoms with Crippen LogP contribution in [0.2, 0.25) is 0 Å². The molecule has 0 heterocycles. The van der Waals surface area contributed by atoms with Gasteiger partial charge in [0.05, 0.1) is 13.2 Å². The number of ether oxygens (including phenoxy) is 3. The molecular weight excluding hydrogens is 582 g/mol. The van der Waals surface area contributed by atoms with Crippen molar-refractivity contribution in [3.8, 4) is 5.75 Å². The number of carbonyl (C=O) groups excluding carboxylic acids is 3. The first-order chi connectivity index (χ1) is 22.5. The van der Waals surface area contributed by atoms with Crippen molar-refractivity contribution in [1.29, 1.82) is 0 Å². The van der Waals surface area contributed by atoms with Crippen LogP contribution in [0.5, 0.6) is 5.75 Å². The molecule has 0 aliphatic heterocycles. The van der Waals surface area contributed by atoms with E-state index in [1.807, 2.05) is 0 Å². The Morgan fingerprint density at radius 3 is 1.72 bits per heavy atom. The van der Waals surface area contributed by atoms with Gasteiger partial charge in [-0.15, -0.1) is 0 Å². The van der Waals surface area contributed by atoms with E-state index >= 15 is 0 Å². The molecule has 0 unspecified atom stereocenters. The lowest BCUT2D eigenvalue weighted by Crippen LogP contribution is -2.27. The SMILES string of the molecule is CCCCCCCCCCCCCCOC(=O)CCCCN(CCCCO)CCCCCCOC(=O)c1ccccc1OC(C)=O. The van der Waals surface area contributed by atoms with E-state index in [1.54, 1.807) is 24.3 Å². The summed E-state index contributed by atoms with van der Waals surface area (Å²) in [6.45, 7) is 7.51. The van der Waals surface area contributed by atoms with E-state index in [0.717, 1.165) is 83.8 Å². The predicted octanol–water partition coefficient (Wildman–Crippen LogP) is 8.82. The molecule has 1 aromatic carbocycles. The summed E-state index contributed by atoms with van der Waals surface area (Å²) in [6.07, 6.45) is 23.4. The maximum atomic E-state index is 12.4.